The van der Waals surface area contributed by atoms with E-state index in [1.807, 2.05) is 0 Å². The summed E-state index contributed by atoms with van der Waals surface area (Å²) in [6.07, 6.45) is 31.1. The van der Waals surface area contributed by atoms with Crippen LogP contribution in [0.4, 0.5) is 0 Å². The zero-order valence-corrected chi connectivity index (χ0v) is 54.2. The average molecular weight is 1200 g/mol. The van der Waals surface area contributed by atoms with Crippen molar-refractivity contribution in [2.75, 3.05) is 39.6 Å². The minimum atomic E-state index is -4.94. The second-order valence-electron chi connectivity index (χ2n) is 24.1. The Morgan fingerprint density at radius 2 is 0.593 bits per heavy atom. The third-order valence-electron chi connectivity index (χ3n) is 14.4. The van der Waals surface area contributed by atoms with Crippen molar-refractivity contribution in [3.8, 4) is 0 Å². The van der Waals surface area contributed by atoms with Crippen LogP contribution < -0.4 is 0 Å². The van der Waals surface area contributed by atoms with E-state index in [2.05, 4.69) is 55.4 Å². The second kappa shape index (κ2) is 52.4. The molecule has 0 aliphatic rings. The summed E-state index contributed by atoms with van der Waals surface area (Å²) in [5.41, 5.74) is 0. The summed E-state index contributed by atoms with van der Waals surface area (Å²) in [5.74, 6) is 0.683. The maximum absolute atomic E-state index is 12.9. The Morgan fingerprint density at radius 1 is 0.346 bits per heavy atom. The van der Waals surface area contributed by atoms with Gasteiger partial charge in [-0.25, -0.2) is 9.13 Å². The van der Waals surface area contributed by atoms with E-state index >= 15 is 0 Å². The normalized spacial score (nSPS) is 14.8. The zero-order chi connectivity index (χ0) is 60.4. The fourth-order valence-corrected chi connectivity index (χ4v) is 10.6. The van der Waals surface area contributed by atoms with Crippen LogP contribution in [-0.2, 0) is 65.4 Å². The number of hydrogen-bond acceptors (Lipinski definition) is 15. The lowest BCUT2D eigenvalue weighted by Gasteiger charge is -2.21. The highest BCUT2D eigenvalue weighted by atomic mass is 31.2. The van der Waals surface area contributed by atoms with Crippen molar-refractivity contribution in [3.63, 3.8) is 0 Å². The number of phosphoric ester groups is 2. The van der Waals surface area contributed by atoms with E-state index in [1.165, 1.54) is 83.5 Å². The lowest BCUT2D eigenvalue weighted by molar-refractivity contribution is -0.161. The van der Waals surface area contributed by atoms with Crippen molar-refractivity contribution >= 4 is 39.5 Å². The summed E-state index contributed by atoms with van der Waals surface area (Å²) >= 11 is 0. The molecule has 0 heterocycles. The van der Waals surface area contributed by atoms with E-state index < -0.39 is 97.5 Å². The van der Waals surface area contributed by atoms with Crippen molar-refractivity contribution < 1.29 is 80.2 Å². The molecule has 3 N–H and O–H groups in total. The van der Waals surface area contributed by atoms with Crippen LogP contribution >= 0.6 is 15.6 Å². The largest absolute Gasteiger partial charge is 0.472 e. The van der Waals surface area contributed by atoms with Crippen LogP contribution in [-0.4, -0.2) is 96.7 Å². The smallest absolute Gasteiger partial charge is 0.462 e. The molecular weight excluding hydrogens is 1080 g/mol. The van der Waals surface area contributed by atoms with Crippen LogP contribution in [0, 0.1) is 23.7 Å². The van der Waals surface area contributed by atoms with Gasteiger partial charge in [0.2, 0.25) is 0 Å². The minimum Gasteiger partial charge on any atom is -0.462 e. The SMILES string of the molecule is CCC(C)CCCCCCCCCCCCC(=O)O[C@H](COC(=O)CCCCCCCCC(C)C)COP(=O)(O)OC[C@H](O)COP(=O)(O)OC[C@@H](COC(=O)CCCCCCCCC(C)C)OC(=O)CCCCCCCCC(C)C. The number of hydrogen-bond donors (Lipinski definition) is 3. The first kappa shape index (κ1) is 79.1. The predicted octanol–water partition coefficient (Wildman–Crippen LogP) is 16.6. The van der Waals surface area contributed by atoms with Crippen molar-refractivity contribution in [1.82, 2.24) is 0 Å². The molecule has 6 atom stereocenters. The number of esters is 4. The van der Waals surface area contributed by atoms with Crippen LogP contribution in [0.25, 0.3) is 0 Å². The topological polar surface area (TPSA) is 237 Å². The van der Waals surface area contributed by atoms with Crippen LogP contribution in [0.5, 0.6) is 0 Å². The highest BCUT2D eigenvalue weighted by Gasteiger charge is 2.30. The quantitative estimate of drug-likeness (QED) is 0.0222. The first-order valence-corrected chi connectivity index (χ1v) is 35.2. The molecule has 480 valence electrons. The molecule has 0 rings (SSSR count). The van der Waals surface area contributed by atoms with Gasteiger partial charge in [-0.15, -0.1) is 0 Å². The molecule has 0 aliphatic heterocycles. The maximum Gasteiger partial charge on any atom is 0.472 e. The molecule has 3 unspecified atom stereocenters. The molecule has 0 saturated carbocycles. The van der Waals surface area contributed by atoms with Crippen molar-refractivity contribution in [3.05, 3.63) is 0 Å². The van der Waals surface area contributed by atoms with E-state index in [9.17, 15) is 43.2 Å². The molecule has 0 spiro atoms. The van der Waals surface area contributed by atoms with Gasteiger partial charge in [0.1, 0.15) is 19.3 Å². The van der Waals surface area contributed by atoms with Crippen molar-refractivity contribution in [2.24, 2.45) is 23.7 Å². The molecule has 0 aliphatic carbocycles. The summed E-state index contributed by atoms with van der Waals surface area (Å²) < 4.78 is 67.8. The average Bonchev–Trinajstić information content (AvgIpc) is 3.41. The number of rotatable bonds is 59. The molecule has 0 radical (unpaired) electrons. The molecular formula is C62H120O17P2. The lowest BCUT2D eigenvalue weighted by atomic mass is 9.99. The Hall–Kier alpha value is -1.94. The van der Waals surface area contributed by atoms with Gasteiger partial charge < -0.3 is 33.8 Å². The molecule has 0 aromatic carbocycles. The number of ether oxygens (including phenoxy) is 4. The highest BCUT2D eigenvalue weighted by Crippen LogP contribution is 2.45. The molecule has 0 aromatic heterocycles. The Balaban J connectivity index is 5.23. The molecule has 19 heteroatoms. The predicted molar refractivity (Wildman–Crippen MR) is 321 cm³/mol. The number of unbranched alkanes of at least 4 members (excludes halogenated alkanes) is 24. The molecule has 0 bridgehead atoms. The van der Waals surface area contributed by atoms with Crippen LogP contribution in [0.15, 0.2) is 0 Å². The summed E-state index contributed by atoms with van der Waals surface area (Å²) in [6, 6.07) is 0. The van der Waals surface area contributed by atoms with Crippen LogP contribution in [0.3, 0.4) is 0 Å². The lowest BCUT2D eigenvalue weighted by Crippen LogP contribution is -2.30. The Morgan fingerprint density at radius 3 is 0.877 bits per heavy atom. The number of aliphatic hydroxyl groups is 1. The number of carbonyl (C=O) groups excluding carboxylic acids is 4. The van der Waals surface area contributed by atoms with Gasteiger partial charge in [0.05, 0.1) is 26.4 Å². The zero-order valence-electron chi connectivity index (χ0n) is 52.4. The maximum atomic E-state index is 12.9. The molecule has 81 heavy (non-hydrogen) atoms. The first-order chi connectivity index (χ1) is 38.6. The summed E-state index contributed by atoms with van der Waals surface area (Å²) in [5, 5.41) is 10.5. The minimum absolute atomic E-state index is 0.100. The van der Waals surface area contributed by atoms with Gasteiger partial charge in [0.15, 0.2) is 12.2 Å². The third-order valence-corrected chi connectivity index (χ3v) is 16.3. The van der Waals surface area contributed by atoms with Gasteiger partial charge in [-0.3, -0.25) is 37.3 Å². The molecule has 0 saturated heterocycles. The highest BCUT2D eigenvalue weighted by molar-refractivity contribution is 7.47. The number of carbonyl (C=O) groups is 4. The summed E-state index contributed by atoms with van der Waals surface area (Å²) in [7, 11) is -9.88. The van der Waals surface area contributed by atoms with Gasteiger partial charge >= 0.3 is 39.5 Å². The van der Waals surface area contributed by atoms with Gasteiger partial charge in [-0.1, -0.05) is 242 Å². The van der Waals surface area contributed by atoms with Crippen molar-refractivity contribution in [2.45, 2.75) is 311 Å². The van der Waals surface area contributed by atoms with Crippen molar-refractivity contribution in [1.29, 1.82) is 0 Å². The molecule has 17 nitrogen and oxygen atoms in total. The Bertz CT molecular complexity index is 1630. The summed E-state index contributed by atoms with van der Waals surface area (Å²) in [6.45, 7) is 13.8. The van der Waals surface area contributed by atoms with Gasteiger partial charge in [0, 0.05) is 25.7 Å². The Labute approximate surface area is 492 Å². The van der Waals surface area contributed by atoms with E-state index in [1.54, 1.807) is 0 Å². The molecule has 0 aromatic rings. The van der Waals surface area contributed by atoms with Gasteiger partial charge in [-0.05, 0) is 49.4 Å². The summed E-state index contributed by atoms with van der Waals surface area (Å²) in [4.78, 5) is 72.0. The number of phosphoric acid groups is 2. The van der Waals surface area contributed by atoms with Crippen LogP contribution in [0.1, 0.15) is 293 Å². The standard InChI is InChI=1S/C62H120O17P2/c1-9-55(8)41-33-25-14-12-10-11-13-15-28-36-44-61(66)78-57(48-72-59(64)42-34-26-19-16-22-30-38-52(2)3)50-76-80(68,69)74-46-56(63)47-75-81(70,71)77-51-58(79-62(67)45-37-29-21-18-24-32-40-54(6)7)49-73-60(65)43-35-27-20-17-23-31-39-53(4)5/h52-58,63H,9-51H2,1-8H3,(H,68,69)(H,70,71)/t55?,56-,57+,58+/m0/s1. The number of aliphatic hydroxyl groups excluding tert-OH is 1. The second-order valence-corrected chi connectivity index (χ2v) is 27.0. The van der Waals surface area contributed by atoms with E-state index in [4.69, 9.17) is 37.0 Å². The van der Waals surface area contributed by atoms with E-state index in [0.29, 0.717) is 43.4 Å². The first-order valence-electron chi connectivity index (χ1n) is 32.2. The Kier molecular flexibility index (Phi) is 51.1. The third kappa shape index (κ3) is 55.7. The van der Waals surface area contributed by atoms with Gasteiger partial charge in [0.25, 0.3) is 0 Å². The molecule has 0 amide bonds. The van der Waals surface area contributed by atoms with E-state index in [-0.39, 0.29) is 25.7 Å². The fraction of sp³-hybridized carbons (Fsp3) is 0.935. The fourth-order valence-electron chi connectivity index (χ4n) is 9.04. The monoisotopic (exact) mass is 1200 g/mol. The van der Waals surface area contributed by atoms with E-state index in [0.717, 1.165) is 109 Å². The van der Waals surface area contributed by atoms with Gasteiger partial charge in [-0.2, -0.15) is 0 Å². The molecule has 0 fully saturated rings. The van der Waals surface area contributed by atoms with Crippen LogP contribution in [0.2, 0.25) is 0 Å².